The summed E-state index contributed by atoms with van der Waals surface area (Å²) in [6, 6.07) is 0. The van der Waals surface area contributed by atoms with Gasteiger partial charge in [0.2, 0.25) is 0 Å². The van der Waals surface area contributed by atoms with Gasteiger partial charge in [-0.2, -0.15) is 0 Å². The van der Waals surface area contributed by atoms with Gasteiger partial charge < -0.3 is 4.74 Å². The lowest BCUT2D eigenvalue weighted by atomic mass is 9.83. The molecule has 1 aliphatic carbocycles. The second-order valence-electron chi connectivity index (χ2n) is 6.79. The molecule has 0 amide bonds. The number of rotatable bonds is 0. The number of carbonyl (C=O) groups is 1. The molecule has 116 valence electrons. The molecule has 0 unspecified atom stereocenters. The van der Waals surface area contributed by atoms with E-state index in [2.05, 4.69) is 0 Å². The van der Waals surface area contributed by atoms with Crippen LogP contribution in [0.25, 0.3) is 0 Å². The first-order valence-electron chi connectivity index (χ1n) is 9.06. The van der Waals surface area contributed by atoms with Crippen molar-refractivity contribution in [3.8, 4) is 0 Å². The van der Waals surface area contributed by atoms with Crippen LogP contribution >= 0.6 is 0 Å². The number of hydrogen-bond acceptors (Lipinski definition) is 2. The zero-order valence-corrected chi connectivity index (χ0v) is 13.1. The Kier molecular flexibility index (Phi) is 7.46. The molecule has 2 heteroatoms. The highest BCUT2D eigenvalue weighted by atomic mass is 16.5. The van der Waals surface area contributed by atoms with E-state index in [1.165, 1.54) is 77.0 Å². The zero-order chi connectivity index (χ0) is 14.0. The van der Waals surface area contributed by atoms with Gasteiger partial charge >= 0.3 is 5.97 Å². The first-order valence-corrected chi connectivity index (χ1v) is 9.06. The predicted molar refractivity (Wildman–Crippen MR) is 82.6 cm³/mol. The van der Waals surface area contributed by atoms with Crippen molar-refractivity contribution in [1.29, 1.82) is 0 Å². The van der Waals surface area contributed by atoms with Gasteiger partial charge in [-0.1, -0.05) is 57.8 Å². The molecule has 0 radical (unpaired) electrons. The number of fused-ring (bicyclic) bond motifs is 1. The molecular formula is C18H32O2. The summed E-state index contributed by atoms with van der Waals surface area (Å²) < 4.78 is 5.79. The normalized spacial score (nSPS) is 31.5. The van der Waals surface area contributed by atoms with Crippen molar-refractivity contribution in [3.63, 3.8) is 0 Å². The Balaban J connectivity index is 1.83. The smallest absolute Gasteiger partial charge is 0.306 e. The van der Waals surface area contributed by atoms with Crippen LogP contribution in [0.3, 0.4) is 0 Å². The standard InChI is InChI=1S/C18H32O2/c19-18-15-9-7-5-3-1-2-4-6-8-12-16-13-10-11-14-17(16)20-18/h16-17H,1-15H2/t16-,17+/m1/s1. The highest BCUT2D eigenvalue weighted by molar-refractivity contribution is 5.69. The first kappa shape index (κ1) is 15.9. The van der Waals surface area contributed by atoms with Gasteiger partial charge in [-0.25, -0.2) is 0 Å². The molecule has 1 saturated carbocycles. The quantitative estimate of drug-likeness (QED) is 0.556. The molecular weight excluding hydrogens is 248 g/mol. The second-order valence-corrected chi connectivity index (χ2v) is 6.79. The van der Waals surface area contributed by atoms with Gasteiger partial charge in [-0.05, 0) is 38.0 Å². The Bertz CT molecular complexity index is 275. The molecule has 0 spiro atoms. The van der Waals surface area contributed by atoms with Crippen molar-refractivity contribution in [2.24, 2.45) is 5.92 Å². The average molecular weight is 280 g/mol. The first-order chi connectivity index (χ1) is 9.86. The third-order valence-electron chi connectivity index (χ3n) is 5.08. The van der Waals surface area contributed by atoms with Crippen LogP contribution in [0.5, 0.6) is 0 Å². The van der Waals surface area contributed by atoms with E-state index in [0.29, 0.717) is 12.3 Å². The molecule has 2 fully saturated rings. The van der Waals surface area contributed by atoms with Crippen molar-refractivity contribution in [2.75, 3.05) is 0 Å². The summed E-state index contributed by atoms with van der Waals surface area (Å²) in [7, 11) is 0. The van der Waals surface area contributed by atoms with E-state index in [1.807, 2.05) is 0 Å². The van der Waals surface area contributed by atoms with Crippen LogP contribution < -0.4 is 0 Å². The topological polar surface area (TPSA) is 26.3 Å². The summed E-state index contributed by atoms with van der Waals surface area (Å²) in [4.78, 5) is 12.0. The Morgan fingerprint density at radius 1 is 0.650 bits per heavy atom. The number of esters is 1. The lowest BCUT2D eigenvalue weighted by molar-refractivity contribution is -0.154. The minimum atomic E-state index is 0.0665. The van der Waals surface area contributed by atoms with Crippen LogP contribution in [-0.2, 0) is 9.53 Å². The molecule has 0 aromatic heterocycles. The molecule has 1 aliphatic heterocycles. The Morgan fingerprint density at radius 3 is 1.85 bits per heavy atom. The number of hydrogen-bond donors (Lipinski definition) is 0. The molecule has 1 heterocycles. The van der Waals surface area contributed by atoms with Gasteiger partial charge in [-0.3, -0.25) is 4.79 Å². The maximum absolute atomic E-state index is 12.0. The molecule has 0 aromatic carbocycles. The summed E-state index contributed by atoms with van der Waals surface area (Å²) in [6.07, 6.45) is 18.9. The predicted octanol–water partition coefficient (Wildman–Crippen LogP) is 5.39. The Hall–Kier alpha value is -0.530. The maximum Gasteiger partial charge on any atom is 0.306 e. The van der Waals surface area contributed by atoms with Crippen molar-refractivity contribution in [2.45, 2.75) is 102 Å². The van der Waals surface area contributed by atoms with Gasteiger partial charge in [0.15, 0.2) is 0 Å². The highest BCUT2D eigenvalue weighted by Crippen LogP contribution is 2.31. The third kappa shape index (κ3) is 5.85. The van der Waals surface area contributed by atoms with Crippen LogP contribution in [0, 0.1) is 5.92 Å². The van der Waals surface area contributed by atoms with Crippen molar-refractivity contribution >= 4 is 5.97 Å². The van der Waals surface area contributed by atoms with Crippen LogP contribution in [-0.4, -0.2) is 12.1 Å². The van der Waals surface area contributed by atoms with E-state index in [0.717, 1.165) is 12.8 Å². The van der Waals surface area contributed by atoms with E-state index in [-0.39, 0.29) is 12.1 Å². The Labute approximate surface area is 124 Å². The minimum Gasteiger partial charge on any atom is -0.462 e. The largest absolute Gasteiger partial charge is 0.462 e. The van der Waals surface area contributed by atoms with Crippen LogP contribution in [0.2, 0.25) is 0 Å². The van der Waals surface area contributed by atoms with Crippen LogP contribution in [0.1, 0.15) is 96.3 Å². The minimum absolute atomic E-state index is 0.0665. The molecule has 2 aliphatic rings. The maximum atomic E-state index is 12.0. The summed E-state index contributed by atoms with van der Waals surface area (Å²) in [5.41, 5.74) is 0. The molecule has 0 bridgehead atoms. The highest BCUT2D eigenvalue weighted by Gasteiger charge is 2.27. The fraction of sp³-hybridized carbons (Fsp3) is 0.944. The summed E-state index contributed by atoms with van der Waals surface area (Å²) >= 11 is 0. The van der Waals surface area contributed by atoms with E-state index in [4.69, 9.17) is 4.74 Å². The van der Waals surface area contributed by atoms with Gasteiger partial charge in [0.1, 0.15) is 6.10 Å². The van der Waals surface area contributed by atoms with E-state index < -0.39 is 0 Å². The zero-order valence-electron chi connectivity index (χ0n) is 13.1. The fourth-order valence-corrected chi connectivity index (χ4v) is 3.80. The van der Waals surface area contributed by atoms with Gasteiger partial charge in [0, 0.05) is 6.42 Å². The van der Waals surface area contributed by atoms with Crippen molar-refractivity contribution in [3.05, 3.63) is 0 Å². The van der Waals surface area contributed by atoms with Crippen molar-refractivity contribution < 1.29 is 9.53 Å². The van der Waals surface area contributed by atoms with E-state index >= 15 is 0 Å². The van der Waals surface area contributed by atoms with Crippen LogP contribution in [0.4, 0.5) is 0 Å². The molecule has 2 rings (SSSR count). The lowest BCUT2D eigenvalue weighted by Crippen LogP contribution is -2.30. The molecule has 1 saturated heterocycles. The van der Waals surface area contributed by atoms with Gasteiger partial charge in [-0.15, -0.1) is 0 Å². The molecule has 20 heavy (non-hydrogen) atoms. The SMILES string of the molecule is O=C1CCCCCCCCCCC[C@@H]2CCCC[C@@H]2O1. The molecule has 0 aromatic rings. The monoisotopic (exact) mass is 280 g/mol. The third-order valence-corrected chi connectivity index (χ3v) is 5.08. The summed E-state index contributed by atoms with van der Waals surface area (Å²) in [5.74, 6) is 0.717. The molecule has 0 N–H and O–H groups in total. The van der Waals surface area contributed by atoms with E-state index in [9.17, 15) is 4.79 Å². The van der Waals surface area contributed by atoms with Gasteiger partial charge in [0.05, 0.1) is 0 Å². The van der Waals surface area contributed by atoms with Crippen LogP contribution in [0.15, 0.2) is 0 Å². The summed E-state index contributed by atoms with van der Waals surface area (Å²) in [5, 5.41) is 0. The summed E-state index contributed by atoms with van der Waals surface area (Å²) in [6.45, 7) is 0. The Morgan fingerprint density at radius 2 is 1.15 bits per heavy atom. The van der Waals surface area contributed by atoms with Crippen molar-refractivity contribution in [1.82, 2.24) is 0 Å². The fourth-order valence-electron chi connectivity index (χ4n) is 3.80. The molecule has 2 nitrogen and oxygen atoms in total. The second kappa shape index (κ2) is 9.41. The number of ether oxygens (including phenoxy) is 1. The lowest BCUT2D eigenvalue weighted by Gasteiger charge is -2.31. The average Bonchev–Trinajstić information content (AvgIpc) is 2.46. The number of carbonyl (C=O) groups excluding carboxylic acids is 1. The van der Waals surface area contributed by atoms with E-state index in [1.54, 1.807) is 0 Å². The molecule has 2 atom stereocenters. The van der Waals surface area contributed by atoms with Gasteiger partial charge in [0.25, 0.3) is 0 Å².